The van der Waals surface area contributed by atoms with E-state index < -0.39 is 0 Å². The zero-order valence-corrected chi connectivity index (χ0v) is 12.2. The minimum absolute atomic E-state index is 0.239. The minimum atomic E-state index is 0.239. The van der Waals surface area contributed by atoms with E-state index in [4.69, 9.17) is 4.74 Å². The van der Waals surface area contributed by atoms with Gasteiger partial charge in [0.15, 0.2) is 0 Å². The fourth-order valence-corrected chi connectivity index (χ4v) is 3.12. The first-order valence-corrected chi connectivity index (χ1v) is 7.68. The van der Waals surface area contributed by atoms with Gasteiger partial charge in [0.2, 0.25) is 0 Å². The number of benzene rings is 1. The van der Waals surface area contributed by atoms with E-state index in [1.807, 2.05) is 24.3 Å². The minimum Gasteiger partial charge on any atom is -0.396 e. The maximum absolute atomic E-state index is 9.32. The number of aliphatic hydroxyl groups excluding tert-OH is 1. The molecule has 0 heterocycles. The lowest BCUT2D eigenvalue weighted by Crippen LogP contribution is -2.24. The Morgan fingerprint density at radius 2 is 1.90 bits per heavy atom. The Hall–Kier alpha value is -1.12. The van der Waals surface area contributed by atoms with Crippen LogP contribution in [0.5, 0.6) is 0 Å². The molecule has 0 aromatic heterocycles. The third kappa shape index (κ3) is 4.46. The molecule has 0 amide bonds. The summed E-state index contributed by atoms with van der Waals surface area (Å²) in [7, 11) is 0. The van der Waals surface area contributed by atoms with Crippen molar-refractivity contribution in [1.29, 1.82) is 0 Å². The van der Waals surface area contributed by atoms with Crippen LogP contribution in [0.3, 0.4) is 0 Å². The van der Waals surface area contributed by atoms with Crippen LogP contribution >= 0.6 is 0 Å². The molecule has 0 bridgehead atoms. The van der Waals surface area contributed by atoms with Crippen LogP contribution < -0.4 is 0 Å². The zero-order chi connectivity index (χ0) is 14.2. The van der Waals surface area contributed by atoms with Gasteiger partial charge in [0, 0.05) is 19.1 Å². The molecule has 0 radical (unpaired) electrons. The van der Waals surface area contributed by atoms with Gasteiger partial charge in [-0.1, -0.05) is 36.4 Å². The summed E-state index contributed by atoms with van der Waals surface area (Å²) in [5.41, 5.74) is 1.24. The summed E-state index contributed by atoms with van der Waals surface area (Å²) in [6.45, 7) is 5.64. The highest BCUT2D eigenvalue weighted by Crippen LogP contribution is 2.34. The van der Waals surface area contributed by atoms with Crippen LogP contribution in [-0.4, -0.2) is 18.3 Å². The monoisotopic (exact) mass is 274 g/mol. The van der Waals surface area contributed by atoms with Crippen molar-refractivity contribution in [3.63, 3.8) is 0 Å². The Kier molecular flexibility index (Phi) is 6.28. The quantitative estimate of drug-likeness (QED) is 0.766. The van der Waals surface area contributed by atoms with E-state index in [1.54, 1.807) is 0 Å². The van der Waals surface area contributed by atoms with Gasteiger partial charge in [-0.2, -0.15) is 0 Å². The van der Waals surface area contributed by atoms with Crippen LogP contribution in [0, 0.1) is 17.8 Å². The lowest BCUT2D eigenvalue weighted by Gasteiger charge is -2.31. The standard InChI is InChI=1S/C18H26O2/c1-2-17(12-19)18-10-8-16(9-11-18)14-20-13-15-6-4-3-5-7-15/h2-7,16-19H,1,8-14H2. The summed E-state index contributed by atoms with van der Waals surface area (Å²) in [6.07, 6.45) is 6.72. The van der Waals surface area contributed by atoms with Gasteiger partial charge in [-0.3, -0.25) is 0 Å². The largest absolute Gasteiger partial charge is 0.396 e. The van der Waals surface area contributed by atoms with E-state index in [0.29, 0.717) is 18.4 Å². The number of hydrogen-bond acceptors (Lipinski definition) is 2. The first-order valence-electron chi connectivity index (χ1n) is 7.68. The lowest BCUT2D eigenvalue weighted by molar-refractivity contribution is 0.0596. The van der Waals surface area contributed by atoms with Gasteiger partial charge in [-0.15, -0.1) is 6.58 Å². The Morgan fingerprint density at radius 1 is 1.20 bits per heavy atom. The van der Waals surface area contributed by atoms with Crippen LogP contribution in [0.25, 0.3) is 0 Å². The van der Waals surface area contributed by atoms with Gasteiger partial charge in [0.25, 0.3) is 0 Å². The molecule has 1 N–H and O–H groups in total. The SMILES string of the molecule is C=CC(CO)C1CCC(COCc2ccccc2)CC1. The fourth-order valence-electron chi connectivity index (χ4n) is 3.12. The topological polar surface area (TPSA) is 29.5 Å². The normalized spacial score (nSPS) is 24.2. The summed E-state index contributed by atoms with van der Waals surface area (Å²) in [5, 5.41) is 9.32. The molecule has 1 aliphatic rings. The van der Waals surface area contributed by atoms with E-state index in [2.05, 4.69) is 18.7 Å². The summed E-state index contributed by atoms with van der Waals surface area (Å²) >= 11 is 0. The molecule has 1 aromatic carbocycles. The second-order valence-corrected chi connectivity index (χ2v) is 5.86. The number of ether oxygens (including phenoxy) is 1. The molecule has 110 valence electrons. The molecular weight excluding hydrogens is 248 g/mol. The molecule has 1 aromatic rings. The highest BCUT2D eigenvalue weighted by molar-refractivity contribution is 5.13. The van der Waals surface area contributed by atoms with Crippen LogP contribution in [0.1, 0.15) is 31.2 Å². The van der Waals surface area contributed by atoms with E-state index in [9.17, 15) is 5.11 Å². The molecule has 1 fully saturated rings. The van der Waals surface area contributed by atoms with Crippen LogP contribution in [0.2, 0.25) is 0 Å². The number of aliphatic hydroxyl groups is 1. The van der Waals surface area contributed by atoms with E-state index in [0.717, 1.165) is 6.61 Å². The molecule has 20 heavy (non-hydrogen) atoms. The maximum Gasteiger partial charge on any atom is 0.0717 e. The average Bonchev–Trinajstić information content (AvgIpc) is 2.51. The van der Waals surface area contributed by atoms with Crippen molar-refractivity contribution in [3.8, 4) is 0 Å². The molecule has 2 nitrogen and oxygen atoms in total. The van der Waals surface area contributed by atoms with Gasteiger partial charge >= 0.3 is 0 Å². The van der Waals surface area contributed by atoms with E-state index in [1.165, 1.54) is 31.2 Å². The number of rotatable bonds is 7. The van der Waals surface area contributed by atoms with Gasteiger partial charge in [-0.05, 0) is 43.1 Å². The lowest BCUT2D eigenvalue weighted by atomic mass is 9.76. The molecule has 1 aliphatic carbocycles. The third-order valence-electron chi connectivity index (χ3n) is 4.48. The smallest absolute Gasteiger partial charge is 0.0717 e. The van der Waals surface area contributed by atoms with Crippen molar-refractivity contribution in [2.45, 2.75) is 32.3 Å². The van der Waals surface area contributed by atoms with Gasteiger partial charge < -0.3 is 9.84 Å². The zero-order valence-electron chi connectivity index (χ0n) is 12.2. The first-order chi connectivity index (χ1) is 9.83. The second kappa shape index (κ2) is 8.23. The van der Waals surface area contributed by atoms with Gasteiger partial charge in [-0.25, -0.2) is 0 Å². The summed E-state index contributed by atoms with van der Waals surface area (Å²) in [4.78, 5) is 0. The Labute approximate surface area is 122 Å². The molecule has 2 rings (SSSR count). The average molecular weight is 274 g/mol. The first kappa shape index (κ1) is 15.3. The molecule has 1 saturated carbocycles. The van der Waals surface area contributed by atoms with Crippen molar-refractivity contribution >= 4 is 0 Å². The molecule has 0 aliphatic heterocycles. The molecule has 1 unspecified atom stereocenters. The van der Waals surface area contributed by atoms with Gasteiger partial charge in [0.05, 0.1) is 6.61 Å². The summed E-state index contributed by atoms with van der Waals surface area (Å²) < 4.78 is 5.84. The predicted octanol–water partition coefficient (Wildman–Crippen LogP) is 3.80. The molecule has 0 spiro atoms. The van der Waals surface area contributed by atoms with E-state index >= 15 is 0 Å². The summed E-state index contributed by atoms with van der Waals surface area (Å²) in [5.74, 6) is 1.57. The van der Waals surface area contributed by atoms with E-state index in [-0.39, 0.29) is 12.5 Å². The van der Waals surface area contributed by atoms with Crippen molar-refractivity contribution in [3.05, 3.63) is 48.6 Å². The Bertz CT molecular complexity index is 380. The van der Waals surface area contributed by atoms with Crippen molar-refractivity contribution in [2.24, 2.45) is 17.8 Å². The highest BCUT2D eigenvalue weighted by atomic mass is 16.5. The molecule has 2 heteroatoms. The maximum atomic E-state index is 9.32. The summed E-state index contributed by atoms with van der Waals surface area (Å²) in [6, 6.07) is 10.3. The predicted molar refractivity (Wildman–Crippen MR) is 82.3 cm³/mol. The van der Waals surface area contributed by atoms with Gasteiger partial charge in [0.1, 0.15) is 0 Å². The molecular formula is C18H26O2. The van der Waals surface area contributed by atoms with Crippen LogP contribution in [-0.2, 0) is 11.3 Å². The Balaban J connectivity index is 1.66. The van der Waals surface area contributed by atoms with Crippen LogP contribution in [0.15, 0.2) is 43.0 Å². The second-order valence-electron chi connectivity index (χ2n) is 5.86. The molecule has 1 atom stereocenters. The highest BCUT2D eigenvalue weighted by Gasteiger charge is 2.25. The van der Waals surface area contributed by atoms with Crippen molar-refractivity contribution < 1.29 is 9.84 Å². The van der Waals surface area contributed by atoms with Crippen molar-refractivity contribution in [2.75, 3.05) is 13.2 Å². The Morgan fingerprint density at radius 3 is 2.50 bits per heavy atom. The molecule has 0 saturated heterocycles. The number of hydrogen-bond donors (Lipinski definition) is 1. The van der Waals surface area contributed by atoms with Crippen molar-refractivity contribution in [1.82, 2.24) is 0 Å². The third-order valence-corrected chi connectivity index (χ3v) is 4.48. The fraction of sp³-hybridized carbons (Fsp3) is 0.556. The van der Waals surface area contributed by atoms with Crippen LogP contribution in [0.4, 0.5) is 0 Å².